The van der Waals surface area contributed by atoms with Crippen molar-refractivity contribution in [3.05, 3.63) is 0 Å². The topological polar surface area (TPSA) is 33.2 Å². The van der Waals surface area contributed by atoms with Crippen LogP contribution in [0.5, 0.6) is 0 Å². The molecule has 1 heterocycles. The monoisotopic (exact) mass is 130 g/mol. The predicted octanol–water partition coefficient (Wildman–Crippen LogP) is -1.70. The molecule has 1 rings (SSSR count). The minimum Gasteiger partial charge on any atom is -0.342 e. The minimum absolute atomic E-state index is 0.896. The summed E-state index contributed by atoms with van der Waals surface area (Å²) in [4.78, 5) is 0. The Kier molecular flexibility index (Phi) is 3.01. The normalized spacial score (nSPS) is 29.7. The van der Waals surface area contributed by atoms with E-state index in [-0.39, 0.29) is 0 Å². The van der Waals surface area contributed by atoms with Gasteiger partial charge in [0.05, 0.1) is 13.6 Å². The summed E-state index contributed by atoms with van der Waals surface area (Å²) in [7, 11) is 2.18. The van der Waals surface area contributed by atoms with Crippen LogP contribution >= 0.6 is 0 Å². The van der Waals surface area contributed by atoms with Gasteiger partial charge in [-0.05, 0) is 12.8 Å². The van der Waals surface area contributed by atoms with Gasteiger partial charge < -0.3 is 10.6 Å². The Morgan fingerprint density at radius 3 is 3.11 bits per heavy atom. The molecule has 1 aliphatic heterocycles. The van der Waals surface area contributed by atoms with Gasteiger partial charge in [-0.15, -0.1) is 0 Å². The maximum Gasteiger partial charge on any atom is 0.135 e. The number of nitrogens with two attached hydrogens (primary N) is 2. The van der Waals surface area contributed by atoms with Crippen molar-refractivity contribution in [2.75, 3.05) is 20.1 Å². The first-order chi connectivity index (χ1) is 4.43. The average molecular weight is 130 g/mol. The van der Waals surface area contributed by atoms with Gasteiger partial charge in [0, 0.05) is 6.42 Å². The molecule has 0 amide bonds. The molecule has 2 heteroatoms. The standard InChI is InChI=1S/C7H16N2/c1-8-7-4-2-3-5-9-6-7/h7-9H,2-6H2,1H3/p+2/t7-/m1/s1. The molecule has 2 nitrogen and oxygen atoms in total. The lowest BCUT2D eigenvalue weighted by Crippen LogP contribution is -2.96. The van der Waals surface area contributed by atoms with Gasteiger partial charge in [-0.1, -0.05) is 0 Å². The van der Waals surface area contributed by atoms with Crippen molar-refractivity contribution in [1.82, 2.24) is 0 Å². The van der Waals surface area contributed by atoms with Crippen LogP contribution in [0.25, 0.3) is 0 Å². The van der Waals surface area contributed by atoms with Crippen LogP contribution < -0.4 is 10.6 Å². The van der Waals surface area contributed by atoms with Gasteiger partial charge in [-0.25, -0.2) is 0 Å². The van der Waals surface area contributed by atoms with Crippen LogP contribution in [-0.4, -0.2) is 26.2 Å². The molecule has 0 radical (unpaired) electrons. The van der Waals surface area contributed by atoms with Crippen LogP contribution in [0.15, 0.2) is 0 Å². The van der Waals surface area contributed by atoms with E-state index in [0.717, 1.165) is 6.04 Å². The summed E-state index contributed by atoms with van der Waals surface area (Å²) >= 11 is 0. The van der Waals surface area contributed by atoms with Gasteiger partial charge in [0.25, 0.3) is 0 Å². The van der Waals surface area contributed by atoms with Crippen molar-refractivity contribution in [1.29, 1.82) is 0 Å². The predicted molar refractivity (Wildman–Crippen MR) is 37.1 cm³/mol. The van der Waals surface area contributed by atoms with Gasteiger partial charge in [0.15, 0.2) is 0 Å². The van der Waals surface area contributed by atoms with Crippen LogP contribution in [0.1, 0.15) is 19.3 Å². The lowest BCUT2D eigenvalue weighted by Gasteiger charge is -2.05. The second-order valence-corrected chi connectivity index (χ2v) is 2.90. The smallest absolute Gasteiger partial charge is 0.135 e. The molecule has 0 spiro atoms. The van der Waals surface area contributed by atoms with Crippen molar-refractivity contribution in [3.8, 4) is 0 Å². The van der Waals surface area contributed by atoms with E-state index in [1.807, 2.05) is 0 Å². The molecular formula is C7H18N2+2. The molecule has 9 heavy (non-hydrogen) atoms. The van der Waals surface area contributed by atoms with Crippen molar-refractivity contribution in [3.63, 3.8) is 0 Å². The Bertz CT molecular complexity index is 65.3. The molecule has 0 aromatic carbocycles. The summed E-state index contributed by atoms with van der Waals surface area (Å²) in [6.45, 7) is 2.68. The van der Waals surface area contributed by atoms with E-state index in [9.17, 15) is 0 Å². The van der Waals surface area contributed by atoms with Gasteiger partial charge >= 0.3 is 0 Å². The molecule has 1 aliphatic rings. The van der Waals surface area contributed by atoms with Crippen molar-refractivity contribution >= 4 is 0 Å². The minimum atomic E-state index is 0.896. The molecule has 4 N–H and O–H groups in total. The summed E-state index contributed by atoms with van der Waals surface area (Å²) in [5.74, 6) is 0. The molecule has 1 saturated heterocycles. The Morgan fingerprint density at radius 1 is 1.44 bits per heavy atom. The highest BCUT2D eigenvalue weighted by Gasteiger charge is 2.13. The Morgan fingerprint density at radius 2 is 2.33 bits per heavy atom. The van der Waals surface area contributed by atoms with Crippen molar-refractivity contribution in [2.45, 2.75) is 25.3 Å². The third kappa shape index (κ3) is 2.33. The maximum atomic E-state index is 2.44. The summed E-state index contributed by atoms with van der Waals surface area (Å²) in [5.41, 5.74) is 0. The second-order valence-electron chi connectivity index (χ2n) is 2.90. The molecule has 54 valence electrons. The zero-order valence-electron chi connectivity index (χ0n) is 6.27. The Hall–Kier alpha value is -0.0800. The quantitative estimate of drug-likeness (QED) is 0.424. The third-order valence-electron chi connectivity index (χ3n) is 2.17. The number of rotatable bonds is 1. The van der Waals surface area contributed by atoms with E-state index in [0.29, 0.717) is 0 Å². The third-order valence-corrected chi connectivity index (χ3v) is 2.17. The first-order valence-corrected chi connectivity index (χ1v) is 4.04. The number of hydrogen-bond donors (Lipinski definition) is 2. The fourth-order valence-corrected chi connectivity index (χ4v) is 1.45. The zero-order chi connectivity index (χ0) is 6.53. The first-order valence-electron chi connectivity index (χ1n) is 4.04. The second kappa shape index (κ2) is 3.85. The van der Waals surface area contributed by atoms with E-state index >= 15 is 0 Å². The fourth-order valence-electron chi connectivity index (χ4n) is 1.45. The van der Waals surface area contributed by atoms with Gasteiger partial charge in [-0.2, -0.15) is 0 Å². The van der Waals surface area contributed by atoms with Crippen LogP contribution in [-0.2, 0) is 0 Å². The molecule has 0 bridgehead atoms. The van der Waals surface area contributed by atoms with Crippen LogP contribution in [0.4, 0.5) is 0 Å². The molecule has 0 aliphatic carbocycles. The zero-order valence-corrected chi connectivity index (χ0v) is 6.27. The van der Waals surface area contributed by atoms with Gasteiger partial charge in [0.1, 0.15) is 12.6 Å². The summed E-state index contributed by atoms with van der Waals surface area (Å²) < 4.78 is 0. The fraction of sp³-hybridized carbons (Fsp3) is 1.00. The van der Waals surface area contributed by atoms with E-state index in [2.05, 4.69) is 17.7 Å². The number of hydrogen-bond acceptors (Lipinski definition) is 0. The summed E-state index contributed by atoms with van der Waals surface area (Å²) in [6, 6.07) is 0.896. The largest absolute Gasteiger partial charge is 0.342 e. The molecule has 0 aromatic heterocycles. The summed E-state index contributed by atoms with van der Waals surface area (Å²) in [5, 5.41) is 4.79. The summed E-state index contributed by atoms with van der Waals surface area (Å²) in [6.07, 6.45) is 4.28. The molecule has 0 aromatic rings. The lowest BCUT2D eigenvalue weighted by molar-refractivity contribution is -0.733. The van der Waals surface area contributed by atoms with Gasteiger partial charge in [0.2, 0.25) is 0 Å². The molecule has 0 saturated carbocycles. The van der Waals surface area contributed by atoms with E-state index < -0.39 is 0 Å². The highest BCUT2D eigenvalue weighted by atomic mass is 15.0. The van der Waals surface area contributed by atoms with Crippen molar-refractivity contribution in [2.24, 2.45) is 0 Å². The Labute approximate surface area is 57.0 Å². The SMILES string of the molecule is C[NH2+][C@@H]1CCCC[NH2+]C1. The van der Waals surface area contributed by atoms with E-state index in [1.165, 1.54) is 32.4 Å². The highest BCUT2D eigenvalue weighted by molar-refractivity contribution is 4.53. The van der Waals surface area contributed by atoms with Gasteiger partial charge in [-0.3, -0.25) is 0 Å². The Balaban J connectivity index is 2.18. The number of likely N-dealkylation sites (N-methyl/N-ethyl adjacent to an activating group) is 1. The average Bonchev–Trinajstić information content (AvgIpc) is 2.13. The van der Waals surface area contributed by atoms with Crippen LogP contribution in [0.3, 0.4) is 0 Å². The number of quaternary nitrogens is 2. The molecular weight excluding hydrogens is 112 g/mol. The van der Waals surface area contributed by atoms with E-state index in [1.54, 1.807) is 0 Å². The van der Waals surface area contributed by atoms with E-state index in [4.69, 9.17) is 0 Å². The van der Waals surface area contributed by atoms with Crippen molar-refractivity contribution < 1.29 is 10.6 Å². The van der Waals surface area contributed by atoms with Crippen LogP contribution in [0.2, 0.25) is 0 Å². The lowest BCUT2D eigenvalue weighted by atomic mass is 10.1. The highest BCUT2D eigenvalue weighted by Crippen LogP contribution is 1.96. The molecule has 1 fully saturated rings. The van der Waals surface area contributed by atoms with Crippen LogP contribution in [0, 0.1) is 0 Å². The molecule has 0 unspecified atom stereocenters. The first kappa shape index (κ1) is 7.03. The molecule has 1 atom stereocenters. The maximum absolute atomic E-state index is 2.44.